The van der Waals surface area contributed by atoms with Crippen molar-refractivity contribution in [2.45, 2.75) is 0 Å². The third-order valence-electron chi connectivity index (χ3n) is 3.30. The largest absolute Gasteiger partial charge is 0.497 e. The Labute approximate surface area is 141 Å². The van der Waals surface area contributed by atoms with Crippen molar-refractivity contribution in [2.24, 2.45) is 0 Å². The quantitative estimate of drug-likeness (QED) is 0.738. The molecule has 6 heteroatoms. The second-order valence-corrected chi connectivity index (χ2v) is 5.67. The standard InChI is InChI=1S/C17H13BrN2O3/c1-22-14-8-4-11(5-9-14)15-10-19-23-17(15)20-16(21)12-2-6-13(18)7-3-12/h2-10H,1H3,(H,20,21). The van der Waals surface area contributed by atoms with Crippen molar-refractivity contribution in [3.63, 3.8) is 0 Å². The Morgan fingerprint density at radius 1 is 1.13 bits per heavy atom. The highest BCUT2D eigenvalue weighted by Crippen LogP contribution is 2.29. The fraction of sp³-hybridized carbons (Fsp3) is 0.0588. The van der Waals surface area contributed by atoms with E-state index < -0.39 is 0 Å². The molecule has 0 aliphatic carbocycles. The first kappa shape index (κ1) is 15.3. The van der Waals surface area contributed by atoms with Gasteiger partial charge in [0.2, 0.25) is 5.88 Å². The summed E-state index contributed by atoms with van der Waals surface area (Å²) < 4.78 is 11.2. The number of nitrogens with one attached hydrogen (secondary N) is 1. The van der Waals surface area contributed by atoms with Crippen molar-refractivity contribution in [1.29, 1.82) is 0 Å². The van der Waals surface area contributed by atoms with Crippen LogP contribution in [0.15, 0.2) is 63.7 Å². The Bertz CT molecular complexity index is 811. The molecule has 23 heavy (non-hydrogen) atoms. The van der Waals surface area contributed by atoms with E-state index in [0.29, 0.717) is 17.0 Å². The minimum atomic E-state index is -0.260. The summed E-state index contributed by atoms with van der Waals surface area (Å²) in [5, 5.41) is 6.51. The smallest absolute Gasteiger partial charge is 0.258 e. The van der Waals surface area contributed by atoms with Crippen LogP contribution in [0.3, 0.4) is 0 Å². The molecule has 0 aliphatic rings. The number of nitrogens with zero attached hydrogens (tertiary/aromatic N) is 1. The van der Waals surface area contributed by atoms with E-state index in [-0.39, 0.29) is 5.91 Å². The normalized spacial score (nSPS) is 10.3. The Balaban J connectivity index is 1.83. The Morgan fingerprint density at radius 2 is 1.83 bits per heavy atom. The monoisotopic (exact) mass is 372 g/mol. The molecule has 1 aromatic heterocycles. The lowest BCUT2D eigenvalue weighted by molar-refractivity contribution is 0.102. The summed E-state index contributed by atoms with van der Waals surface area (Å²) in [6.45, 7) is 0. The Morgan fingerprint density at radius 3 is 2.48 bits per heavy atom. The number of benzene rings is 2. The zero-order chi connectivity index (χ0) is 16.2. The van der Waals surface area contributed by atoms with Crippen LogP contribution in [0.25, 0.3) is 11.1 Å². The summed E-state index contributed by atoms with van der Waals surface area (Å²) >= 11 is 3.34. The van der Waals surface area contributed by atoms with Crippen LogP contribution in [0.1, 0.15) is 10.4 Å². The molecule has 3 aromatic rings. The van der Waals surface area contributed by atoms with Crippen LogP contribution < -0.4 is 10.1 Å². The Hall–Kier alpha value is -2.60. The number of methoxy groups -OCH3 is 1. The third-order valence-corrected chi connectivity index (χ3v) is 3.83. The van der Waals surface area contributed by atoms with E-state index in [1.165, 1.54) is 0 Å². The van der Waals surface area contributed by atoms with Crippen molar-refractivity contribution in [1.82, 2.24) is 5.16 Å². The van der Waals surface area contributed by atoms with Gasteiger partial charge < -0.3 is 9.26 Å². The molecule has 116 valence electrons. The second kappa shape index (κ2) is 6.66. The lowest BCUT2D eigenvalue weighted by Gasteiger charge is -2.05. The van der Waals surface area contributed by atoms with E-state index in [2.05, 4.69) is 26.4 Å². The van der Waals surface area contributed by atoms with E-state index in [1.54, 1.807) is 37.6 Å². The molecule has 0 saturated heterocycles. The van der Waals surface area contributed by atoms with Crippen molar-refractivity contribution in [3.05, 3.63) is 64.8 Å². The first-order valence-electron chi connectivity index (χ1n) is 6.83. The van der Waals surface area contributed by atoms with Crippen molar-refractivity contribution >= 4 is 27.7 Å². The van der Waals surface area contributed by atoms with Crippen LogP contribution in [0.4, 0.5) is 5.88 Å². The number of halogens is 1. The van der Waals surface area contributed by atoms with Gasteiger partial charge in [0, 0.05) is 10.0 Å². The number of carbonyl (C=O) groups excluding carboxylic acids is 1. The van der Waals surface area contributed by atoms with Crippen LogP contribution in [0, 0.1) is 0 Å². The molecule has 0 spiro atoms. The first-order chi connectivity index (χ1) is 11.2. The third kappa shape index (κ3) is 3.43. The van der Waals surface area contributed by atoms with Gasteiger partial charge in [-0.3, -0.25) is 10.1 Å². The summed E-state index contributed by atoms with van der Waals surface area (Å²) in [6, 6.07) is 14.5. The fourth-order valence-electron chi connectivity index (χ4n) is 2.08. The van der Waals surface area contributed by atoms with Gasteiger partial charge in [-0.25, -0.2) is 0 Å². The Kier molecular flexibility index (Phi) is 4.43. The van der Waals surface area contributed by atoms with E-state index >= 15 is 0 Å². The average molecular weight is 373 g/mol. The number of hydrogen-bond acceptors (Lipinski definition) is 4. The van der Waals surface area contributed by atoms with Crippen LogP contribution >= 0.6 is 15.9 Å². The predicted molar refractivity (Wildman–Crippen MR) is 90.6 cm³/mol. The van der Waals surface area contributed by atoms with Gasteiger partial charge in [0.05, 0.1) is 18.9 Å². The molecule has 3 rings (SSSR count). The van der Waals surface area contributed by atoms with Crippen LogP contribution in [-0.2, 0) is 0 Å². The molecule has 5 nitrogen and oxygen atoms in total. The lowest BCUT2D eigenvalue weighted by atomic mass is 10.1. The summed E-state index contributed by atoms with van der Waals surface area (Å²) in [7, 11) is 1.61. The van der Waals surface area contributed by atoms with Gasteiger partial charge in [0.15, 0.2) is 0 Å². The van der Waals surface area contributed by atoms with Gasteiger partial charge in [0.1, 0.15) is 5.75 Å². The molecule has 0 aliphatic heterocycles. The molecule has 0 saturated carbocycles. The van der Waals surface area contributed by atoms with Gasteiger partial charge in [-0.1, -0.05) is 33.2 Å². The summed E-state index contributed by atoms with van der Waals surface area (Å²) in [6.07, 6.45) is 1.57. The van der Waals surface area contributed by atoms with Crippen molar-refractivity contribution < 1.29 is 14.1 Å². The van der Waals surface area contributed by atoms with Crippen LogP contribution in [0.2, 0.25) is 0 Å². The minimum absolute atomic E-state index is 0.260. The molecule has 1 heterocycles. The lowest BCUT2D eigenvalue weighted by Crippen LogP contribution is -2.11. The number of amides is 1. The predicted octanol–water partition coefficient (Wildman–Crippen LogP) is 4.37. The molecule has 0 atom stereocenters. The molecular formula is C17H13BrN2O3. The summed E-state index contributed by atoms with van der Waals surface area (Å²) in [5.74, 6) is 0.803. The van der Waals surface area contributed by atoms with Gasteiger partial charge in [-0.05, 0) is 42.0 Å². The molecule has 0 fully saturated rings. The number of carbonyl (C=O) groups is 1. The topological polar surface area (TPSA) is 64.4 Å². The molecular weight excluding hydrogens is 360 g/mol. The highest BCUT2D eigenvalue weighted by Gasteiger charge is 2.14. The number of rotatable bonds is 4. The van der Waals surface area contributed by atoms with Gasteiger partial charge in [0.25, 0.3) is 5.91 Å². The van der Waals surface area contributed by atoms with E-state index in [0.717, 1.165) is 15.8 Å². The van der Waals surface area contributed by atoms with Crippen LogP contribution in [0.5, 0.6) is 5.75 Å². The van der Waals surface area contributed by atoms with Gasteiger partial charge in [-0.2, -0.15) is 0 Å². The minimum Gasteiger partial charge on any atom is -0.497 e. The highest BCUT2D eigenvalue weighted by atomic mass is 79.9. The highest BCUT2D eigenvalue weighted by molar-refractivity contribution is 9.10. The maximum atomic E-state index is 12.3. The maximum Gasteiger partial charge on any atom is 0.258 e. The molecule has 1 N–H and O–H groups in total. The maximum absolute atomic E-state index is 12.3. The molecule has 0 radical (unpaired) electrons. The van der Waals surface area contributed by atoms with E-state index in [1.807, 2.05) is 24.3 Å². The molecule has 2 aromatic carbocycles. The fourth-order valence-corrected chi connectivity index (χ4v) is 2.35. The summed E-state index contributed by atoms with van der Waals surface area (Å²) in [4.78, 5) is 12.3. The van der Waals surface area contributed by atoms with Crippen LogP contribution in [-0.4, -0.2) is 18.2 Å². The number of anilines is 1. The van der Waals surface area contributed by atoms with Gasteiger partial charge >= 0.3 is 0 Å². The second-order valence-electron chi connectivity index (χ2n) is 4.76. The van der Waals surface area contributed by atoms with Crippen molar-refractivity contribution in [3.8, 4) is 16.9 Å². The average Bonchev–Trinajstić information content (AvgIpc) is 3.03. The van der Waals surface area contributed by atoms with E-state index in [9.17, 15) is 4.79 Å². The molecule has 0 bridgehead atoms. The number of ether oxygens (including phenoxy) is 1. The zero-order valence-electron chi connectivity index (χ0n) is 12.2. The van der Waals surface area contributed by atoms with E-state index in [4.69, 9.17) is 9.26 Å². The van der Waals surface area contributed by atoms with Crippen molar-refractivity contribution in [2.75, 3.05) is 12.4 Å². The molecule has 1 amide bonds. The summed E-state index contributed by atoms with van der Waals surface area (Å²) in [5.41, 5.74) is 2.11. The first-order valence-corrected chi connectivity index (χ1v) is 7.62. The number of hydrogen-bond donors (Lipinski definition) is 1. The number of aromatic nitrogens is 1. The zero-order valence-corrected chi connectivity index (χ0v) is 13.8. The van der Waals surface area contributed by atoms with Gasteiger partial charge in [-0.15, -0.1) is 0 Å². The molecule has 0 unspecified atom stereocenters. The SMILES string of the molecule is COc1ccc(-c2cnoc2NC(=O)c2ccc(Br)cc2)cc1.